The molecule has 0 radical (unpaired) electrons. The zero-order valence-electron chi connectivity index (χ0n) is 12.2. The summed E-state index contributed by atoms with van der Waals surface area (Å²) in [6, 6.07) is 10.5. The number of nitrogens with zero attached hydrogens (tertiary/aromatic N) is 1. The maximum Gasteiger partial charge on any atom is 0.263 e. The maximum atomic E-state index is 11.8. The fraction of sp³-hybridized carbons (Fsp3) is 0.250. The topological polar surface area (TPSA) is 60.5 Å². The average Bonchev–Trinajstić information content (AvgIpc) is 2.54. The Morgan fingerprint density at radius 2 is 1.91 bits per heavy atom. The Kier molecular flexibility index (Phi) is 6.03. The fourth-order valence-corrected chi connectivity index (χ4v) is 1.78. The van der Waals surface area contributed by atoms with E-state index in [1.54, 1.807) is 18.2 Å². The van der Waals surface area contributed by atoms with Crippen LogP contribution >= 0.6 is 11.6 Å². The molecule has 116 valence electrons. The summed E-state index contributed by atoms with van der Waals surface area (Å²) >= 11 is 5.73. The molecule has 1 aromatic carbocycles. The Labute approximate surface area is 134 Å². The first-order chi connectivity index (χ1) is 10.7. The Balaban J connectivity index is 1.89. The number of carbonyl (C=O) groups is 1. The van der Waals surface area contributed by atoms with Crippen LogP contribution in [0.2, 0.25) is 5.02 Å². The van der Waals surface area contributed by atoms with Crippen LogP contribution in [0.1, 0.15) is 13.3 Å². The molecule has 22 heavy (non-hydrogen) atoms. The highest BCUT2D eigenvalue weighted by Crippen LogP contribution is 2.26. The highest BCUT2D eigenvalue weighted by atomic mass is 35.5. The summed E-state index contributed by atoms with van der Waals surface area (Å²) in [5, 5.41) is 3.14. The molecule has 0 unspecified atom stereocenters. The summed E-state index contributed by atoms with van der Waals surface area (Å²) in [5.41, 5.74) is 0. The van der Waals surface area contributed by atoms with E-state index in [4.69, 9.17) is 21.1 Å². The number of anilines is 1. The third-order valence-electron chi connectivity index (χ3n) is 2.66. The predicted molar refractivity (Wildman–Crippen MR) is 85.6 cm³/mol. The molecule has 0 spiro atoms. The van der Waals surface area contributed by atoms with Gasteiger partial charge in [0.1, 0.15) is 5.82 Å². The molecule has 0 bridgehead atoms. The Morgan fingerprint density at radius 3 is 2.55 bits per heavy atom. The summed E-state index contributed by atoms with van der Waals surface area (Å²) in [6.07, 6.45) is 2.36. The number of ether oxygens (including phenoxy) is 2. The van der Waals surface area contributed by atoms with E-state index in [9.17, 15) is 4.79 Å². The quantitative estimate of drug-likeness (QED) is 0.847. The molecule has 0 aliphatic heterocycles. The zero-order chi connectivity index (χ0) is 15.8. The molecule has 0 saturated carbocycles. The number of nitrogens with one attached hydrogen (secondary N) is 1. The van der Waals surface area contributed by atoms with Crippen LogP contribution in [0.5, 0.6) is 11.5 Å². The maximum absolute atomic E-state index is 11.8. The minimum absolute atomic E-state index is 0.128. The molecular formula is C16H17ClN2O3. The number of amides is 1. The molecule has 0 aliphatic carbocycles. The first kappa shape index (κ1) is 16.1. The van der Waals surface area contributed by atoms with Crippen molar-refractivity contribution in [1.82, 2.24) is 4.98 Å². The summed E-state index contributed by atoms with van der Waals surface area (Å²) in [6.45, 7) is 2.49. The summed E-state index contributed by atoms with van der Waals surface area (Å²) in [7, 11) is 0. The monoisotopic (exact) mass is 320 g/mol. The number of hydrogen-bond donors (Lipinski definition) is 1. The first-order valence-electron chi connectivity index (χ1n) is 6.95. The lowest BCUT2D eigenvalue weighted by Gasteiger charge is -2.12. The van der Waals surface area contributed by atoms with Gasteiger partial charge in [-0.2, -0.15) is 0 Å². The van der Waals surface area contributed by atoms with Crippen LogP contribution in [-0.2, 0) is 4.79 Å². The number of aromatic nitrogens is 1. The number of rotatable bonds is 7. The van der Waals surface area contributed by atoms with Crippen molar-refractivity contribution in [3.05, 3.63) is 47.6 Å². The van der Waals surface area contributed by atoms with E-state index in [0.29, 0.717) is 28.9 Å². The molecule has 2 rings (SSSR count). The van der Waals surface area contributed by atoms with Gasteiger partial charge in [-0.3, -0.25) is 4.79 Å². The van der Waals surface area contributed by atoms with Crippen LogP contribution in [0.4, 0.5) is 5.82 Å². The van der Waals surface area contributed by atoms with Crippen molar-refractivity contribution in [2.45, 2.75) is 13.3 Å². The molecule has 0 fully saturated rings. The number of pyridine rings is 1. The van der Waals surface area contributed by atoms with Crippen molar-refractivity contribution in [3.8, 4) is 11.5 Å². The number of para-hydroxylation sites is 2. The molecule has 1 heterocycles. The molecule has 0 saturated heterocycles. The van der Waals surface area contributed by atoms with Gasteiger partial charge < -0.3 is 14.8 Å². The largest absolute Gasteiger partial charge is 0.490 e. The summed E-state index contributed by atoms with van der Waals surface area (Å²) < 4.78 is 11.1. The zero-order valence-corrected chi connectivity index (χ0v) is 13.0. The van der Waals surface area contributed by atoms with Crippen LogP contribution < -0.4 is 14.8 Å². The van der Waals surface area contributed by atoms with Crippen LogP contribution in [0.15, 0.2) is 42.6 Å². The molecule has 6 heteroatoms. The minimum Gasteiger partial charge on any atom is -0.490 e. The van der Waals surface area contributed by atoms with Gasteiger partial charge in [0.05, 0.1) is 11.6 Å². The molecule has 5 nitrogen and oxygen atoms in total. The van der Waals surface area contributed by atoms with Crippen molar-refractivity contribution in [2.24, 2.45) is 0 Å². The van der Waals surface area contributed by atoms with E-state index in [-0.39, 0.29) is 12.5 Å². The van der Waals surface area contributed by atoms with Gasteiger partial charge in [0.2, 0.25) is 0 Å². The van der Waals surface area contributed by atoms with Crippen LogP contribution in [0.25, 0.3) is 0 Å². The number of carbonyl (C=O) groups excluding carboxylic acids is 1. The molecule has 0 atom stereocenters. The second-order valence-electron chi connectivity index (χ2n) is 4.49. The van der Waals surface area contributed by atoms with Gasteiger partial charge in [-0.15, -0.1) is 0 Å². The second-order valence-corrected chi connectivity index (χ2v) is 4.93. The average molecular weight is 321 g/mol. The lowest BCUT2D eigenvalue weighted by molar-refractivity contribution is -0.118. The Hall–Kier alpha value is -2.27. The van der Waals surface area contributed by atoms with Gasteiger partial charge in [-0.25, -0.2) is 4.98 Å². The van der Waals surface area contributed by atoms with E-state index in [1.807, 2.05) is 25.1 Å². The SMILES string of the molecule is CCCOc1ccccc1OCC(=O)Nc1ccc(Cl)cn1. The van der Waals surface area contributed by atoms with Crippen molar-refractivity contribution >= 4 is 23.3 Å². The van der Waals surface area contributed by atoms with E-state index >= 15 is 0 Å². The third kappa shape index (κ3) is 4.93. The normalized spacial score (nSPS) is 10.1. The lowest BCUT2D eigenvalue weighted by atomic mass is 10.3. The standard InChI is InChI=1S/C16H17ClN2O3/c1-2-9-21-13-5-3-4-6-14(13)22-11-16(20)19-15-8-7-12(17)10-18-15/h3-8,10H,2,9,11H2,1H3,(H,18,19,20). The van der Waals surface area contributed by atoms with Gasteiger partial charge in [-0.1, -0.05) is 30.7 Å². The second kappa shape index (κ2) is 8.24. The third-order valence-corrected chi connectivity index (χ3v) is 2.89. The number of halogens is 1. The molecule has 2 aromatic rings. The van der Waals surface area contributed by atoms with Gasteiger partial charge >= 0.3 is 0 Å². The van der Waals surface area contributed by atoms with Crippen LogP contribution in [0.3, 0.4) is 0 Å². The number of hydrogen-bond acceptors (Lipinski definition) is 4. The molecule has 0 aliphatic rings. The van der Waals surface area contributed by atoms with Crippen molar-refractivity contribution in [2.75, 3.05) is 18.5 Å². The molecule has 1 aromatic heterocycles. The van der Waals surface area contributed by atoms with Crippen LogP contribution in [0, 0.1) is 0 Å². The molecule has 1 amide bonds. The molecular weight excluding hydrogens is 304 g/mol. The van der Waals surface area contributed by atoms with E-state index in [0.717, 1.165) is 6.42 Å². The van der Waals surface area contributed by atoms with E-state index in [2.05, 4.69) is 10.3 Å². The highest BCUT2D eigenvalue weighted by molar-refractivity contribution is 6.30. The van der Waals surface area contributed by atoms with Gasteiger partial charge in [0.25, 0.3) is 5.91 Å². The Bertz CT molecular complexity index is 617. The molecule has 1 N–H and O–H groups in total. The van der Waals surface area contributed by atoms with Crippen molar-refractivity contribution in [1.29, 1.82) is 0 Å². The lowest BCUT2D eigenvalue weighted by Crippen LogP contribution is -2.20. The van der Waals surface area contributed by atoms with Gasteiger partial charge in [-0.05, 0) is 30.7 Å². The first-order valence-corrected chi connectivity index (χ1v) is 7.33. The van der Waals surface area contributed by atoms with Crippen molar-refractivity contribution in [3.63, 3.8) is 0 Å². The summed E-state index contributed by atoms with van der Waals surface area (Å²) in [5.74, 6) is 1.28. The van der Waals surface area contributed by atoms with Crippen LogP contribution in [-0.4, -0.2) is 24.1 Å². The Morgan fingerprint density at radius 1 is 1.18 bits per heavy atom. The van der Waals surface area contributed by atoms with E-state index in [1.165, 1.54) is 6.20 Å². The predicted octanol–water partition coefficient (Wildman–Crippen LogP) is 3.54. The van der Waals surface area contributed by atoms with Gasteiger partial charge in [0, 0.05) is 6.20 Å². The fourth-order valence-electron chi connectivity index (χ4n) is 1.67. The smallest absolute Gasteiger partial charge is 0.263 e. The minimum atomic E-state index is -0.305. The van der Waals surface area contributed by atoms with Crippen molar-refractivity contribution < 1.29 is 14.3 Å². The summed E-state index contributed by atoms with van der Waals surface area (Å²) in [4.78, 5) is 15.8. The van der Waals surface area contributed by atoms with E-state index < -0.39 is 0 Å². The van der Waals surface area contributed by atoms with Gasteiger partial charge in [0.15, 0.2) is 18.1 Å². The highest BCUT2D eigenvalue weighted by Gasteiger charge is 2.08. The number of benzene rings is 1.